The van der Waals surface area contributed by atoms with Crippen LogP contribution in [0.15, 0.2) is 0 Å². The number of aliphatic hydroxyl groups is 2. The number of ketones is 1. The number of epoxide rings is 2. The molecule has 0 aromatic heterocycles. The van der Waals surface area contributed by atoms with Crippen LogP contribution in [-0.4, -0.2) is 106 Å². The molecule has 8 aliphatic rings. The first-order valence-corrected chi connectivity index (χ1v) is 19.1. The molecule has 15 heteroatoms. The quantitative estimate of drug-likeness (QED) is 0.237. The van der Waals surface area contributed by atoms with Gasteiger partial charge in [0.15, 0.2) is 17.5 Å². The summed E-state index contributed by atoms with van der Waals surface area (Å²) in [5.74, 6) is -12.0. The first-order chi connectivity index (χ1) is 24.8. The van der Waals surface area contributed by atoms with Crippen molar-refractivity contribution in [3.8, 4) is 0 Å². The van der Waals surface area contributed by atoms with E-state index < -0.39 is 159 Å². The summed E-state index contributed by atoms with van der Waals surface area (Å²) in [6.07, 6.45) is -8.11. The topological polar surface area (TPSA) is 214 Å². The monoisotopic (exact) mass is 760 g/mol. The summed E-state index contributed by atoms with van der Waals surface area (Å²) in [7, 11) is 0. The molecule has 1 spiro atoms. The molecule has 3 aliphatic heterocycles. The summed E-state index contributed by atoms with van der Waals surface area (Å²) in [6.45, 7) is 17.1. The molecule has 8 fully saturated rings. The Morgan fingerprint density at radius 2 is 1.41 bits per heavy atom. The fraction of sp³-hybridized carbons (Fsp3) is 0.846. The summed E-state index contributed by atoms with van der Waals surface area (Å²) >= 11 is 0. The Morgan fingerprint density at radius 3 is 1.98 bits per heavy atom. The maximum Gasteiger partial charge on any atom is 0.341 e. The summed E-state index contributed by atoms with van der Waals surface area (Å²) < 4.78 is 43.0. The fourth-order valence-electron chi connectivity index (χ4n) is 13.3. The molecule has 15 nitrogen and oxygen atoms in total. The van der Waals surface area contributed by atoms with Gasteiger partial charge in [-0.1, -0.05) is 20.8 Å². The lowest BCUT2D eigenvalue weighted by Crippen LogP contribution is -2.75. The van der Waals surface area contributed by atoms with E-state index in [1.165, 1.54) is 27.7 Å². The molecular formula is C39H52O15. The Morgan fingerprint density at radius 1 is 0.815 bits per heavy atom. The number of hydrogen-bond acceptors (Lipinski definition) is 15. The van der Waals surface area contributed by atoms with E-state index in [0.717, 1.165) is 0 Å². The number of Topliss-reactive ketones (excluding diaryl/α,β-unsaturated/α-hetero) is 1. The van der Waals surface area contributed by atoms with Crippen LogP contribution in [0.2, 0.25) is 0 Å². The Balaban J connectivity index is 1.41. The zero-order chi connectivity index (χ0) is 39.8. The Bertz CT molecular complexity index is 1750. The van der Waals surface area contributed by atoms with Gasteiger partial charge < -0.3 is 43.4 Å². The molecule has 0 aromatic carbocycles. The summed E-state index contributed by atoms with van der Waals surface area (Å²) in [5.41, 5.74) is -7.50. The predicted octanol–water partition coefficient (Wildman–Crippen LogP) is 1.65. The number of ether oxygens (including phenoxy) is 7. The standard InChI is InChI=1S/C39H52O15/c1-13-20-23(37(10)38(11,47)33(46)54-39(37)29(13)53-39)25(44)21-19-22(28(48-14(2)40)31(36(20,21)9)50-16(4)42)35(8)17(12-18-26(51-18)30(35)49-15(3)41)24(43)27(19)52-32(45)34(5,6)7/h13,17-23,25-31,44,47H,12H2,1-11H3/t13-,17+,18-,19-,20-,21+,22+,23-,25+,26-,27+,28-,29+,30-,31-,35-,36+,37-,38+,39-/m0/s1. The van der Waals surface area contributed by atoms with Crippen LogP contribution in [-0.2, 0) is 61.9 Å². The van der Waals surface area contributed by atoms with E-state index in [2.05, 4.69) is 0 Å². The smallest absolute Gasteiger partial charge is 0.341 e. The largest absolute Gasteiger partial charge is 0.459 e. The van der Waals surface area contributed by atoms with Crippen molar-refractivity contribution in [2.45, 2.75) is 143 Å². The number of esters is 5. The number of carbonyl (C=O) groups excluding carboxylic acids is 6. The molecular weight excluding hydrogens is 708 g/mol. The van der Waals surface area contributed by atoms with Crippen LogP contribution in [0, 0.1) is 63.1 Å². The van der Waals surface area contributed by atoms with Gasteiger partial charge in [0.25, 0.3) is 0 Å². The average molecular weight is 761 g/mol. The maximum absolute atomic E-state index is 15.2. The zero-order valence-corrected chi connectivity index (χ0v) is 32.6. The van der Waals surface area contributed by atoms with Crippen molar-refractivity contribution < 1.29 is 72.1 Å². The van der Waals surface area contributed by atoms with E-state index in [9.17, 15) is 34.2 Å². The fourth-order valence-corrected chi connectivity index (χ4v) is 13.3. The molecule has 3 heterocycles. The SMILES string of the molecule is CC(=O)O[C@H]1[C@H]2[C@H]([C@@H]3[C@@H](O)[C@@H]4[C@H]([C@H](C)[C@H]5O[C@]56OC(=O)[C@@](C)(O)[C@]46C)[C@@]3(C)[C@H]1OC(C)=O)[C@@H](OC(=O)C(C)(C)C)C(=O)[C@H]1C[C@@H]3O[C@@H]3[C@H](OC(C)=O)[C@]21C. The highest BCUT2D eigenvalue weighted by molar-refractivity contribution is 5.91. The van der Waals surface area contributed by atoms with Gasteiger partial charge in [0.2, 0.25) is 5.79 Å². The minimum atomic E-state index is -2.15. The third kappa shape index (κ3) is 4.33. The van der Waals surface area contributed by atoms with Crippen LogP contribution in [0.4, 0.5) is 0 Å². The lowest BCUT2D eigenvalue weighted by atomic mass is 9.41. The molecule has 0 radical (unpaired) electrons. The first kappa shape index (κ1) is 37.8. The molecule has 298 valence electrons. The van der Waals surface area contributed by atoms with Gasteiger partial charge >= 0.3 is 29.8 Å². The van der Waals surface area contributed by atoms with Crippen molar-refractivity contribution in [2.24, 2.45) is 63.1 Å². The van der Waals surface area contributed by atoms with E-state index in [1.807, 2.05) is 6.92 Å². The highest BCUT2D eigenvalue weighted by Gasteiger charge is 2.93. The van der Waals surface area contributed by atoms with Crippen molar-refractivity contribution >= 4 is 35.6 Å². The first-order valence-electron chi connectivity index (χ1n) is 19.1. The van der Waals surface area contributed by atoms with Crippen molar-refractivity contribution in [3.63, 3.8) is 0 Å². The molecule has 3 saturated heterocycles. The number of fused-ring (bicyclic) bond motifs is 9. The van der Waals surface area contributed by atoms with Gasteiger partial charge in [-0.15, -0.1) is 0 Å². The molecule has 54 heavy (non-hydrogen) atoms. The molecule has 0 bridgehead atoms. The van der Waals surface area contributed by atoms with Crippen molar-refractivity contribution in [2.75, 3.05) is 0 Å². The van der Waals surface area contributed by atoms with Crippen LogP contribution in [0.5, 0.6) is 0 Å². The third-order valence-electron chi connectivity index (χ3n) is 15.5. The van der Waals surface area contributed by atoms with Crippen LogP contribution in [0.25, 0.3) is 0 Å². The van der Waals surface area contributed by atoms with Crippen molar-refractivity contribution in [3.05, 3.63) is 0 Å². The normalized spacial score (nSPS) is 54.5. The van der Waals surface area contributed by atoms with Crippen LogP contribution in [0.1, 0.15) is 82.6 Å². The second-order valence-electron chi connectivity index (χ2n) is 19.2. The van der Waals surface area contributed by atoms with Gasteiger partial charge in [0, 0.05) is 61.2 Å². The van der Waals surface area contributed by atoms with E-state index in [0.29, 0.717) is 0 Å². The van der Waals surface area contributed by atoms with E-state index in [4.69, 9.17) is 33.2 Å². The predicted molar refractivity (Wildman–Crippen MR) is 179 cm³/mol. The lowest BCUT2D eigenvalue weighted by molar-refractivity contribution is -0.275. The Labute approximate surface area is 313 Å². The number of aliphatic hydroxyl groups excluding tert-OH is 1. The maximum atomic E-state index is 15.2. The van der Waals surface area contributed by atoms with Crippen molar-refractivity contribution in [1.82, 2.24) is 0 Å². The van der Waals surface area contributed by atoms with E-state index in [-0.39, 0.29) is 6.42 Å². The highest BCUT2D eigenvalue weighted by Crippen LogP contribution is 2.80. The molecule has 5 saturated carbocycles. The van der Waals surface area contributed by atoms with Crippen LogP contribution in [0.3, 0.4) is 0 Å². The molecule has 20 atom stereocenters. The molecule has 0 amide bonds. The van der Waals surface area contributed by atoms with Crippen molar-refractivity contribution in [1.29, 1.82) is 0 Å². The molecule has 0 unspecified atom stereocenters. The van der Waals surface area contributed by atoms with E-state index in [1.54, 1.807) is 41.5 Å². The molecule has 8 rings (SSSR count). The summed E-state index contributed by atoms with van der Waals surface area (Å²) in [4.78, 5) is 81.9. The zero-order valence-electron chi connectivity index (χ0n) is 32.6. The van der Waals surface area contributed by atoms with Gasteiger partial charge in [-0.25, -0.2) is 4.79 Å². The molecule has 0 aromatic rings. The second-order valence-corrected chi connectivity index (χ2v) is 19.2. The number of hydrogen-bond donors (Lipinski definition) is 2. The second kappa shape index (κ2) is 11.0. The Hall–Kier alpha value is -3.14. The number of carbonyl (C=O) groups is 6. The Kier molecular flexibility index (Phi) is 7.72. The van der Waals surface area contributed by atoms with Gasteiger partial charge in [0.05, 0.1) is 23.0 Å². The van der Waals surface area contributed by atoms with Gasteiger partial charge in [0.1, 0.15) is 30.5 Å². The van der Waals surface area contributed by atoms with Crippen LogP contribution >= 0.6 is 0 Å². The van der Waals surface area contributed by atoms with Gasteiger partial charge in [-0.3, -0.25) is 24.0 Å². The minimum Gasteiger partial charge on any atom is -0.459 e. The summed E-state index contributed by atoms with van der Waals surface area (Å²) in [5, 5.41) is 25.2. The molecule has 2 N–H and O–H groups in total. The minimum absolute atomic E-state index is 0.199. The van der Waals surface area contributed by atoms with Crippen LogP contribution < -0.4 is 0 Å². The third-order valence-corrected chi connectivity index (χ3v) is 15.5. The van der Waals surface area contributed by atoms with Gasteiger partial charge in [-0.05, 0) is 52.9 Å². The lowest BCUT2D eigenvalue weighted by Gasteiger charge is -2.65. The van der Waals surface area contributed by atoms with E-state index >= 15 is 4.79 Å². The molecule has 5 aliphatic carbocycles. The number of rotatable bonds is 4. The summed E-state index contributed by atoms with van der Waals surface area (Å²) in [6, 6.07) is 0. The average Bonchev–Trinajstić information content (AvgIpc) is 3.95. The highest BCUT2D eigenvalue weighted by atomic mass is 16.8. The van der Waals surface area contributed by atoms with Gasteiger partial charge in [-0.2, -0.15) is 0 Å².